The molecule has 0 radical (unpaired) electrons. The minimum atomic E-state index is -2.99. The van der Waals surface area contributed by atoms with E-state index < -0.39 is 9.84 Å². The summed E-state index contributed by atoms with van der Waals surface area (Å²) in [5.41, 5.74) is 1.61. The summed E-state index contributed by atoms with van der Waals surface area (Å²) < 4.78 is 23.5. The van der Waals surface area contributed by atoms with Gasteiger partial charge in [0.1, 0.15) is 0 Å². The Morgan fingerprint density at radius 3 is 2.41 bits per heavy atom. The number of rotatable bonds is 4. The monoisotopic (exact) mass is 322 g/mol. The standard InChI is InChI=1S/C16H22N2O3S/c1-17(2)14-5-3-4-12(10-14)16(19)18(13-6-7-13)15-8-9-22(20,21)11-15/h3-5,10,13,15H,6-9,11H2,1-2H3. The molecule has 1 amide bonds. The van der Waals surface area contributed by atoms with E-state index in [9.17, 15) is 13.2 Å². The molecule has 1 unspecified atom stereocenters. The van der Waals surface area contributed by atoms with Crippen LogP contribution in [0.4, 0.5) is 5.69 Å². The second-order valence-electron chi connectivity index (χ2n) is 6.45. The summed E-state index contributed by atoms with van der Waals surface area (Å²) in [6.45, 7) is 0. The van der Waals surface area contributed by atoms with E-state index in [-0.39, 0.29) is 29.5 Å². The van der Waals surface area contributed by atoms with E-state index in [1.807, 2.05) is 48.2 Å². The maximum atomic E-state index is 12.9. The quantitative estimate of drug-likeness (QED) is 0.844. The van der Waals surface area contributed by atoms with Gasteiger partial charge >= 0.3 is 0 Å². The predicted molar refractivity (Wildman–Crippen MR) is 87.0 cm³/mol. The van der Waals surface area contributed by atoms with Crippen LogP contribution in [0.2, 0.25) is 0 Å². The van der Waals surface area contributed by atoms with Crippen molar-refractivity contribution in [2.45, 2.75) is 31.3 Å². The SMILES string of the molecule is CN(C)c1cccc(C(=O)N(C2CC2)C2CCS(=O)(=O)C2)c1. The molecule has 0 bridgehead atoms. The first-order valence-corrected chi connectivity index (χ1v) is 9.50. The van der Waals surface area contributed by atoms with Gasteiger partial charge < -0.3 is 9.80 Å². The van der Waals surface area contributed by atoms with E-state index in [1.165, 1.54) is 0 Å². The molecule has 1 aromatic carbocycles. The van der Waals surface area contributed by atoms with Crippen LogP contribution >= 0.6 is 0 Å². The van der Waals surface area contributed by atoms with Crippen LogP contribution < -0.4 is 4.90 Å². The molecule has 3 rings (SSSR count). The van der Waals surface area contributed by atoms with Crippen molar-refractivity contribution < 1.29 is 13.2 Å². The van der Waals surface area contributed by atoms with Crippen LogP contribution in [0.15, 0.2) is 24.3 Å². The Hall–Kier alpha value is -1.56. The topological polar surface area (TPSA) is 57.7 Å². The number of sulfone groups is 1. The summed E-state index contributed by atoms with van der Waals surface area (Å²) in [7, 11) is 0.887. The van der Waals surface area contributed by atoms with Crippen molar-refractivity contribution in [1.82, 2.24) is 4.90 Å². The molecule has 1 saturated heterocycles. The highest BCUT2D eigenvalue weighted by atomic mass is 32.2. The Labute approximate surface area is 131 Å². The maximum Gasteiger partial charge on any atom is 0.254 e. The fraction of sp³-hybridized carbons (Fsp3) is 0.562. The van der Waals surface area contributed by atoms with Crippen molar-refractivity contribution in [1.29, 1.82) is 0 Å². The maximum absolute atomic E-state index is 12.9. The molecule has 2 aliphatic rings. The first-order valence-electron chi connectivity index (χ1n) is 7.68. The molecule has 0 spiro atoms. The fourth-order valence-electron chi connectivity index (χ4n) is 3.04. The van der Waals surface area contributed by atoms with Crippen molar-refractivity contribution in [2.75, 3.05) is 30.5 Å². The van der Waals surface area contributed by atoms with E-state index in [0.717, 1.165) is 18.5 Å². The molecule has 1 saturated carbocycles. The molecule has 2 fully saturated rings. The van der Waals surface area contributed by atoms with Gasteiger partial charge in [-0.25, -0.2) is 8.42 Å². The Morgan fingerprint density at radius 2 is 1.86 bits per heavy atom. The van der Waals surface area contributed by atoms with Gasteiger partial charge in [0.2, 0.25) is 0 Å². The predicted octanol–water partition coefficient (Wildman–Crippen LogP) is 1.54. The van der Waals surface area contributed by atoms with E-state index in [4.69, 9.17) is 0 Å². The average molecular weight is 322 g/mol. The minimum Gasteiger partial charge on any atom is -0.378 e. The summed E-state index contributed by atoms with van der Waals surface area (Å²) in [5.74, 6) is 0.280. The molecule has 1 aliphatic carbocycles. The summed E-state index contributed by atoms with van der Waals surface area (Å²) in [6.07, 6.45) is 2.53. The molecule has 1 atom stereocenters. The van der Waals surface area contributed by atoms with Gasteiger partial charge in [-0.1, -0.05) is 6.07 Å². The summed E-state index contributed by atoms with van der Waals surface area (Å²) >= 11 is 0. The van der Waals surface area contributed by atoms with Crippen molar-refractivity contribution >= 4 is 21.4 Å². The average Bonchev–Trinajstić information content (AvgIpc) is 3.23. The third kappa shape index (κ3) is 3.11. The second kappa shape index (κ2) is 5.57. The second-order valence-corrected chi connectivity index (χ2v) is 8.67. The highest BCUT2D eigenvalue weighted by Crippen LogP contribution is 2.33. The first kappa shape index (κ1) is 15.3. The van der Waals surface area contributed by atoms with Crippen LogP contribution in [0.1, 0.15) is 29.6 Å². The lowest BCUT2D eigenvalue weighted by molar-refractivity contribution is 0.0681. The molecule has 0 N–H and O–H groups in total. The number of amides is 1. The molecule has 1 heterocycles. The molecule has 120 valence electrons. The lowest BCUT2D eigenvalue weighted by Crippen LogP contribution is -2.42. The van der Waals surface area contributed by atoms with E-state index in [1.54, 1.807) is 0 Å². The zero-order valence-electron chi connectivity index (χ0n) is 13.0. The third-order valence-corrected chi connectivity index (χ3v) is 6.14. The number of carbonyl (C=O) groups is 1. The van der Waals surface area contributed by atoms with Crippen LogP contribution in [0, 0.1) is 0 Å². The Balaban J connectivity index is 1.86. The Morgan fingerprint density at radius 1 is 1.14 bits per heavy atom. The van der Waals surface area contributed by atoms with Crippen LogP contribution in [0.5, 0.6) is 0 Å². The number of benzene rings is 1. The fourth-order valence-corrected chi connectivity index (χ4v) is 4.75. The van der Waals surface area contributed by atoms with Crippen LogP contribution in [0.25, 0.3) is 0 Å². The van der Waals surface area contributed by atoms with Crippen molar-refractivity contribution in [3.63, 3.8) is 0 Å². The molecule has 5 nitrogen and oxygen atoms in total. The number of anilines is 1. The van der Waals surface area contributed by atoms with Gasteiger partial charge in [-0.15, -0.1) is 0 Å². The lowest BCUT2D eigenvalue weighted by Gasteiger charge is -2.28. The van der Waals surface area contributed by atoms with E-state index >= 15 is 0 Å². The zero-order chi connectivity index (χ0) is 15.9. The summed E-state index contributed by atoms with van der Waals surface area (Å²) in [6, 6.07) is 7.58. The number of hydrogen-bond donors (Lipinski definition) is 0. The Kier molecular flexibility index (Phi) is 3.89. The van der Waals surface area contributed by atoms with Gasteiger partial charge in [0, 0.05) is 37.4 Å². The van der Waals surface area contributed by atoms with Crippen LogP contribution in [-0.2, 0) is 9.84 Å². The third-order valence-electron chi connectivity index (χ3n) is 4.39. The summed E-state index contributed by atoms with van der Waals surface area (Å²) in [4.78, 5) is 16.7. The van der Waals surface area contributed by atoms with Crippen molar-refractivity contribution in [3.05, 3.63) is 29.8 Å². The minimum absolute atomic E-state index is 0.0340. The molecule has 1 aromatic rings. The molecule has 22 heavy (non-hydrogen) atoms. The van der Waals surface area contributed by atoms with Crippen LogP contribution in [0.3, 0.4) is 0 Å². The first-order chi connectivity index (χ1) is 10.4. The molecule has 1 aliphatic heterocycles. The number of nitrogens with zero attached hydrogens (tertiary/aromatic N) is 2. The largest absolute Gasteiger partial charge is 0.378 e. The van der Waals surface area contributed by atoms with E-state index in [2.05, 4.69) is 0 Å². The highest BCUT2D eigenvalue weighted by Gasteiger charge is 2.42. The van der Waals surface area contributed by atoms with E-state index in [0.29, 0.717) is 12.0 Å². The highest BCUT2D eigenvalue weighted by molar-refractivity contribution is 7.91. The Bertz CT molecular complexity index is 680. The van der Waals surface area contributed by atoms with Gasteiger partial charge in [-0.05, 0) is 37.5 Å². The van der Waals surface area contributed by atoms with Crippen LogP contribution in [-0.4, -0.2) is 56.9 Å². The van der Waals surface area contributed by atoms with Gasteiger partial charge in [0.15, 0.2) is 9.84 Å². The van der Waals surface area contributed by atoms with Gasteiger partial charge in [0.25, 0.3) is 5.91 Å². The molecular weight excluding hydrogens is 300 g/mol. The normalized spacial score (nSPS) is 23.3. The molecule has 6 heteroatoms. The van der Waals surface area contributed by atoms with Gasteiger partial charge in [-0.2, -0.15) is 0 Å². The number of carbonyl (C=O) groups excluding carboxylic acids is 1. The number of hydrogen-bond acceptors (Lipinski definition) is 4. The lowest BCUT2D eigenvalue weighted by atomic mass is 10.1. The van der Waals surface area contributed by atoms with Crippen molar-refractivity contribution in [2.24, 2.45) is 0 Å². The molecule has 0 aromatic heterocycles. The zero-order valence-corrected chi connectivity index (χ0v) is 13.8. The van der Waals surface area contributed by atoms with Gasteiger partial charge in [0.05, 0.1) is 11.5 Å². The molecular formula is C16H22N2O3S. The summed E-state index contributed by atoms with van der Waals surface area (Å²) in [5, 5.41) is 0. The van der Waals surface area contributed by atoms with Crippen molar-refractivity contribution in [3.8, 4) is 0 Å². The smallest absolute Gasteiger partial charge is 0.254 e. The van der Waals surface area contributed by atoms with Gasteiger partial charge in [-0.3, -0.25) is 4.79 Å².